The van der Waals surface area contributed by atoms with Crippen molar-refractivity contribution in [1.29, 1.82) is 0 Å². The molecule has 0 aromatic heterocycles. The third kappa shape index (κ3) is 35.1. The number of allylic oxidation sites excluding steroid dienone is 1. The van der Waals surface area contributed by atoms with E-state index in [2.05, 4.69) is 19.2 Å². The van der Waals surface area contributed by atoms with E-state index in [1.807, 2.05) is 6.08 Å². The largest absolute Gasteiger partial charge is 0.394 e. The number of amides is 1. The summed E-state index contributed by atoms with van der Waals surface area (Å²) >= 11 is 0. The van der Waals surface area contributed by atoms with Crippen LogP contribution in [0.4, 0.5) is 0 Å². The summed E-state index contributed by atoms with van der Waals surface area (Å²) in [5, 5.41) is 65.0. The Kier molecular flexibility index (Phi) is 44.1. The maximum atomic E-state index is 13.1. The smallest absolute Gasteiger partial charge is 0.249 e. The van der Waals surface area contributed by atoms with Gasteiger partial charge in [0.1, 0.15) is 30.5 Å². The molecular weight excluding hydrogens is 831 g/mol. The molecule has 0 aliphatic carbocycles. The Morgan fingerprint density at radius 1 is 0.515 bits per heavy atom. The molecule has 8 unspecified atom stereocenters. The molecule has 0 saturated carbocycles. The molecule has 0 aromatic rings. The second kappa shape index (κ2) is 46.3. The van der Waals surface area contributed by atoms with E-state index in [0.29, 0.717) is 6.42 Å². The predicted molar refractivity (Wildman–Crippen MR) is 273 cm³/mol. The van der Waals surface area contributed by atoms with Crippen molar-refractivity contribution in [1.82, 2.24) is 5.32 Å². The van der Waals surface area contributed by atoms with E-state index in [1.54, 1.807) is 6.08 Å². The molecule has 7 N–H and O–H groups in total. The van der Waals surface area contributed by atoms with Crippen LogP contribution in [0.25, 0.3) is 0 Å². The second-order valence-electron chi connectivity index (χ2n) is 20.2. The Morgan fingerprint density at radius 3 is 1.23 bits per heavy atom. The average Bonchev–Trinajstić information content (AvgIpc) is 3.32. The number of rotatable bonds is 49. The number of nitrogens with one attached hydrogen (secondary N) is 1. The first-order chi connectivity index (χ1) is 32.3. The van der Waals surface area contributed by atoms with Gasteiger partial charge < -0.3 is 45.4 Å². The van der Waals surface area contributed by atoms with Gasteiger partial charge >= 0.3 is 0 Å². The number of unbranched alkanes of at least 4 members (excludes halogenated alkanes) is 38. The average molecular weight is 940 g/mol. The molecule has 1 aliphatic rings. The molecule has 10 nitrogen and oxygen atoms in total. The summed E-state index contributed by atoms with van der Waals surface area (Å²) in [6, 6.07) is -0.976. The van der Waals surface area contributed by atoms with Crippen LogP contribution in [0, 0.1) is 0 Å². The number of carbonyl (C=O) groups excluding carboxylic acids is 1. The summed E-state index contributed by atoms with van der Waals surface area (Å²) in [5.74, 6) is -0.610. The zero-order valence-electron chi connectivity index (χ0n) is 43.1. The fourth-order valence-electron chi connectivity index (χ4n) is 9.34. The van der Waals surface area contributed by atoms with E-state index in [9.17, 15) is 35.4 Å². The number of carbonyl (C=O) groups is 1. The number of aliphatic hydroxyl groups excluding tert-OH is 6. The van der Waals surface area contributed by atoms with Crippen molar-refractivity contribution in [2.24, 2.45) is 0 Å². The Morgan fingerprint density at radius 2 is 0.864 bits per heavy atom. The lowest BCUT2D eigenvalue weighted by atomic mass is 9.99. The number of hydrogen-bond donors (Lipinski definition) is 7. The van der Waals surface area contributed by atoms with Gasteiger partial charge in [-0.25, -0.2) is 0 Å². The number of ether oxygens (including phenoxy) is 2. The van der Waals surface area contributed by atoms with Crippen molar-refractivity contribution in [2.75, 3.05) is 13.2 Å². The standard InChI is InChI=1S/C56H109NO9/c1-3-5-7-9-11-13-15-17-19-21-22-23-24-25-26-27-29-31-33-35-37-39-41-43-45-50(60)55(64)57-48(47-65-56-54(63)53(62)52(61)51(46-58)66-56)49(59)44-42-40-38-36-34-32-30-28-20-18-16-14-12-10-8-6-4-2/h42,44,48-54,56,58-63H,3-41,43,45-47H2,1-2H3,(H,57,64)/b44-42+. The van der Waals surface area contributed by atoms with Crippen molar-refractivity contribution in [3.8, 4) is 0 Å². The first-order valence-electron chi connectivity index (χ1n) is 28.5. The van der Waals surface area contributed by atoms with Crippen LogP contribution >= 0.6 is 0 Å². The summed E-state index contributed by atoms with van der Waals surface area (Å²) in [5.41, 5.74) is 0. The van der Waals surface area contributed by atoms with Crippen molar-refractivity contribution >= 4 is 5.91 Å². The lowest BCUT2D eigenvalue weighted by molar-refractivity contribution is -0.302. The number of hydrogen-bond acceptors (Lipinski definition) is 9. The molecular formula is C56H109NO9. The third-order valence-corrected chi connectivity index (χ3v) is 14.0. The molecule has 0 aromatic carbocycles. The van der Waals surface area contributed by atoms with Gasteiger partial charge in [0.25, 0.3) is 0 Å². The highest BCUT2D eigenvalue weighted by Crippen LogP contribution is 2.23. The van der Waals surface area contributed by atoms with E-state index in [-0.39, 0.29) is 6.61 Å². The van der Waals surface area contributed by atoms with Crippen LogP contribution < -0.4 is 5.32 Å². The van der Waals surface area contributed by atoms with Gasteiger partial charge in [-0.1, -0.05) is 270 Å². The Bertz CT molecular complexity index is 1060. The van der Waals surface area contributed by atoms with Crippen molar-refractivity contribution in [3.05, 3.63) is 12.2 Å². The quantitative estimate of drug-likeness (QED) is 0.0232. The summed E-state index contributed by atoms with van der Waals surface area (Å²) in [6.07, 6.45) is 45.9. The maximum Gasteiger partial charge on any atom is 0.249 e. The van der Waals surface area contributed by atoms with Gasteiger partial charge in [0.05, 0.1) is 25.4 Å². The van der Waals surface area contributed by atoms with E-state index >= 15 is 0 Å². The van der Waals surface area contributed by atoms with Gasteiger partial charge in [-0.15, -0.1) is 0 Å². The minimum absolute atomic E-state index is 0.301. The highest BCUT2D eigenvalue weighted by Gasteiger charge is 2.44. The molecule has 1 fully saturated rings. The van der Waals surface area contributed by atoms with Crippen molar-refractivity contribution in [3.63, 3.8) is 0 Å². The second-order valence-corrected chi connectivity index (χ2v) is 20.2. The van der Waals surface area contributed by atoms with Gasteiger partial charge in [-0.2, -0.15) is 0 Å². The van der Waals surface area contributed by atoms with E-state index in [1.165, 1.54) is 212 Å². The lowest BCUT2D eigenvalue weighted by Crippen LogP contribution is -2.60. The molecule has 1 saturated heterocycles. The molecule has 0 bridgehead atoms. The molecule has 8 atom stereocenters. The first kappa shape index (κ1) is 62.9. The molecule has 0 spiro atoms. The van der Waals surface area contributed by atoms with Gasteiger partial charge in [-0.3, -0.25) is 4.79 Å². The predicted octanol–water partition coefficient (Wildman–Crippen LogP) is 12.6. The van der Waals surface area contributed by atoms with Crippen LogP contribution in [0.3, 0.4) is 0 Å². The molecule has 392 valence electrons. The Balaban J connectivity index is 2.26. The minimum atomic E-state index is -1.61. The SMILES string of the molecule is CCCCCCCCCCCCCCCCC/C=C/C(O)C(COC1OC(CO)C(O)C(O)C1O)NC(=O)C(O)CCCCCCCCCCCCCCCCCCCCCCCCCC. The molecule has 10 heteroatoms. The van der Waals surface area contributed by atoms with Gasteiger partial charge in [0, 0.05) is 0 Å². The van der Waals surface area contributed by atoms with Crippen LogP contribution in [0.15, 0.2) is 12.2 Å². The van der Waals surface area contributed by atoms with E-state index in [4.69, 9.17) is 9.47 Å². The third-order valence-electron chi connectivity index (χ3n) is 14.0. The minimum Gasteiger partial charge on any atom is -0.394 e. The molecule has 1 amide bonds. The lowest BCUT2D eigenvalue weighted by Gasteiger charge is -2.40. The Hall–Kier alpha value is -1.11. The molecule has 66 heavy (non-hydrogen) atoms. The topological polar surface area (TPSA) is 169 Å². The van der Waals surface area contributed by atoms with Crippen LogP contribution in [0.1, 0.15) is 277 Å². The molecule has 1 aliphatic heterocycles. The van der Waals surface area contributed by atoms with Crippen LogP contribution in [0.5, 0.6) is 0 Å². The summed E-state index contributed by atoms with van der Waals surface area (Å²) in [4.78, 5) is 13.1. The zero-order valence-corrected chi connectivity index (χ0v) is 43.1. The maximum absolute atomic E-state index is 13.1. The van der Waals surface area contributed by atoms with Crippen LogP contribution in [-0.2, 0) is 14.3 Å². The fourth-order valence-corrected chi connectivity index (χ4v) is 9.34. The van der Waals surface area contributed by atoms with Crippen LogP contribution in [-0.4, -0.2) is 98.7 Å². The monoisotopic (exact) mass is 940 g/mol. The normalized spacial score (nSPS) is 20.3. The van der Waals surface area contributed by atoms with Crippen molar-refractivity contribution < 1.29 is 44.9 Å². The summed E-state index contributed by atoms with van der Waals surface area (Å²) < 4.78 is 11.2. The summed E-state index contributed by atoms with van der Waals surface area (Å²) in [6.45, 7) is 3.65. The van der Waals surface area contributed by atoms with Crippen LogP contribution in [0.2, 0.25) is 0 Å². The number of aliphatic hydroxyl groups is 6. The fraction of sp³-hybridized carbons (Fsp3) is 0.946. The van der Waals surface area contributed by atoms with Gasteiger partial charge in [0.15, 0.2) is 6.29 Å². The van der Waals surface area contributed by atoms with Gasteiger partial charge in [0.2, 0.25) is 5.91 Å². The highest BCUT2D eigenvalue weighted by atomic mass is 16.7. The summed E-state index contributed by atoms with van der Waals surface area (Å²) in [7, 11) is 0. The van der Waals surface area contributed by atoms with E-state index in [0.717, 1.165) is 44.9 Å². The Labute approximate surface area is 406 Å². The molecule has 1 rings (SSSR count). The zero-order chi connectivity index (χ0) is 48.1. The van der Waals surface area contributed by atoms with Gasteiger partial charge in [-0.05, 0) is 19.3 Å². The molecule has 1 heterocycles. The highest BCUT2D eigenvalue weighted by molar-refractivity contribution is 5.80. The first-order valence-corrected chi connectivity index (χ1v) is 28.5. The molecule has 0 radical (unpaired) electrons. The van der Waals surface area contributed by atoms with E-state index < -0.39 is 61.5 Å². The van der Waals surface area contributed by atoms with Crippen molar-refractivity contribution in [2.45, 2.75) is 326 Å².